The van der Waals surface area contributed by atoms with Crippen LogP contribution in [0.4, 0.5) is 5.69 Å². The molecule has 0 unspecified atom stereocenters. The molecule has 1 saturated carbocycles. The van der Waals surface area contributed by atoms with Crippen molar-refractivity contribution in [1.29, 1.82) is 0 Å². The van der Waals surface area contributed by atoms with Crippen molar-refractivity contribution in [2.24, 2.45) is 5.41 Å². The van der Waals surface area contributed by atoms with Crippen LogP contribution in [0, 0.1) is 11.5 Å². The van der Waals surface area contributed by atoms with E-state index in [4.69, 9.17) is 0 Å². The van der Waals surface area contributed by atoms with Crippen LogP contribution in [-0.2, 0) is 20.1 Å². The first-order valence-corrected chi connectivity index (χ1v) is 7.36. The summed E-state index contributed by atoms with van der Waals surface area (Å²) in [6.07, 6.45) is 8.52. The van der Waals surface area contributed by atoms with Gasteiger partial charge in [-0.15, -0.1) is 6.07 Å². The minimum Gasteiger partial charge on any atom is -0.388 e. The quantitative estimate of drug-likeness (QED) is 0.592. The number of para-hydroxylation sites is 1. The van der Waals surface area contributed by atoms with Crippen molar-refractivity contribution in [3.8, 4) is 0 Å². The van der Waals surface area contributed by atoms with Crippen molar-refractivity contribution in [3.05, 3.63) is 30.3 Å². The number of hydrogen-bond acceptors (Lipinski definition) is 1. The molecule has 1 radical (unpaired) electrons. The Morgan fingerprint density at radius 2 is 1.84 bits per heavy atom. The molecule has 19 heavy (non-hydrogen) atoms. The maximum absolute atomic E-state index is 3.41. The van der Waals surface area contributed by atoms with Crippen LogP contribution >= 0.6 is 0 Å². The molecule has 3 rings (SSSR count). The maximum Gasteiger partial charge on any atom is 0.0330 e. The van der Waals surface area contributed by atoms with Crippen LogP contribution < -0.4 is 4.90 Å². The van der Waals surface area contributed by atoms with Gasteiger partial charge in [-0.25, -0.2) is 0 Å². The summed E-state index contributed by atoms with van der Waals surface area (Å²) < 4.78 is 0. The number of anilines is 1. The number of nitrogens with zero attached hydrogens (tertiary/aromatic N) is 1. The molecule has 1 aliphatic carbocycles. The molecule has 1 heterocycles. The van der Waals surface area contributed by atoms with Crippen LogP contribution in [0.2, 0.25) is 0 Å². The van der Waals surface area contributed by atoms with E-state index >= 15 is 0 Å². The predicted octanol–water partition coefficient (Wildman–Crippen LogP) is 4.42. The first-order chi connectivity index (χ1) is 8.61. The van der Waals surface area contributed by atoms with Gasteiger partial charge in [0.25, 0.3) is 0 Å². The standard InChI is InChI=1S/C17H24N.Ir/c1-16(2)13-17(11-7-4-8-12-17)14-18(16)15-9-5-3-6-10-15;/h3,5-6,9H,4,7-8,11-14H2,1-2H3;/q-1;. The molecule has 2 fully saturated rings. The van der Waals surface area contributed by atoms with Crippen molar-refractivity contribution in [3.63, 3.8) is 0 Å². The molecule has 0 aromatic heterocycles. The molecule has 2 aliphatic rings. The van der Waals surface area contributed by atoms with Gasteiger partial charge >= 0.3 is 0 Å². The Bertz CT molecular complexity index is 407. The van der Waals surface area contributed by atoms with Gasteiger partial charge in [-0.1, -0.05) is 24.9 Å². The van der Waals surface area contributed by atoms with Gasteiger partial charge in [0.05, 0.1) is 0 Å². The van der Waals surface area contributed by atoms with Crippen molar-refractivity contribution in [2.45, 2.75) is 57.9 Å². The molecule has 1 spiro atoms. The normalized spacial score (nSPS) is 24.2. The van der Waals surface area contributed by atoms with E-state index in [0.29, 0.717) is 5.41 Å². The average molecular weight is 435 g/mol. The number of hydrogen-bond donors (Lipinski definition) is 0. The third kappa shape index (κ3) is 2.90. The third-order valence-electron chi connectivity index (χ3n) is 4.93. The summed E-state index contributed by atoms with van der Waals surface area (Å²) >= 11 is 0. The van der Waals surface area contributed by atoms with Gasteiger partial charge in [-0.2, -0.15) is 24.3 Å². The molecular formula is C17H24IrN-. The summed E-state index contributed by atoms with van der Waals surface area (Å²) in [5, 5.41) is 0. The second-order valence-corrected chi connectivity index (χ2v) is 6.88. The smallest absolute Gasteiger partial charge is 0.0330 e. The summed E-state index contributed by atoms with van der Waals surface area (Å²) in [6, 6.07) is 11.9. The zero-order valence-electron chi connectivity index (χ0n) is 12.0. The second-order valence-electron chi connectivity index (χ2n) is 6.88. The van der Waals surface area contributed by atoms with Crippen LogP contribution in [0.1, 0.15) is 52.4 Å². The second kappa shape index (κ2) is 5.58. The monoisotopic (exact) mass is 435 g/mol. The summed E-state index contributed by atoms with van der Waals surface area (Å²) in [6.45, 7) is 6.04. The van der Waals surface area contributed by atoms with Gasteiger partial charge in [-0.05, 0) is 38.5 Å². The number of rotatable bonds is 1. The minimum atomic E-state index is 0. The Balaban J connectivity index is 0.00000133. The molecule has 1 aromatic carbocycles. The Morgan fingerprint density at radius 1 is 1.11 bits per heavy atom. The SMILES string of the molecule is CC1(C)CC2(CCCCC2)CN1c1[c-]cccc1.[Ir]. The van der Waals surface area contributed by atoms with E-state index < -0.39 is 0 Å². The van der Waals surface area contributed by atoms with Crippen molar-refractivity contribution in [1.82, 2.24) is 0 Å². The molecule has 0 bridgehead atoms. The maximum atomic E-state index is 3.41. The van der Waals surface area contributed by atoms with Crippen LogP contribution in [0.3, 0.4) is 0 Å². The van der Waals surface area contributed by atoms with E-state index in [9.17, 15) is 0 Å². The minimum absolute atomic E-state index is 0. The Kier molecular flexibility index (Phi) is 4.42. The molecule has 1 nitrogen and oxygen atoms in total. The van der Waals surface area contributed by atoms with Crippen LogP contribution in [0.5, 0.6) is 0 Å². The fourth-order valence-electron chi connectivity index (χ4n) is 4.22. The molecule has 1 saturated heterocycles. The van der Waals surface area contributed by atoms with Crippen molar-refractivity contribution < 1.29 is 20.1 Å². The number of benzene rings is 1. The first-order valence-electron chi connectivity index (χ1n) is 7.36. The van der Waals surface area contributed by atoms with Crippen molar-refractivity contribution >= 4 is 5.69 Å². The van der Waals surface area contributed by atoms with E-state index in [-0.39, 0.29) is 25.6 Å². The summed E-state index contributed by atoms with van der Waals surface area (Å²) in [7, 11) is 0. The van der Waals surface area contributed by atoms with E-state index in [1.807, 2.05) is 6.07 Å². The van der Waals surface area contributed by atoms with Gasteiger partial charge in [0.2, 0.25) is 0 Å². The molecule has 0 N–H and O–H groups in total. The van der Waals surface area contributed by atoms with Crippen LogP contribution in [0.25, 0.3) is 0 Å². The third-order valence-corrected chi connectivity index (χ3v) is 4.93. The molecule has 0 atom stereocenters. The largest absolute Gasteiger partial charge is 0.388 e. The zero-order chi connectivity index (χ0) is 12.6. The van der Waals surface area contributed by atoms with Crippen LogP contribution in [-0.4, -0.2) is 12.1 Å². The van der Waals surface area contributed by atoms with Crippen molar-refractivity contribution in [2.75, 3.05) is 11.4 Å². The Morgan fingerprint density at radius 3 is 2.47 bits per heavy atom. The van der Waals surface area contributed by atoms with Gasteiger partial charge in [0.15, 0.2) is 0 Å². The average Bonchev–Trinajstić information content (AvgIpc) is 2.62. The fraction of sp³-hybridized carbons (Fsp3) is 0.647. The summed E-state index contributed by atoms with van der Waals surface area (Å²) in [5.41, 5.74) is 2.16. The van der Waals surface area contributed by atoms with Gasteiger partial charge in [0.1, 0.15) is 0 Å². The predicted molar refractivity (Wildman–Crippen MR) is 76.8 cm³/mol. The van der Waals surface area contributed by atoms with Gasteiger partial charge in [0, 0.05) is 32.2 Å². The van der Waals surface area contributed by atoms with E-state index in [1.54, 1.807) is 0 Å². The topological polar surface area (TPSA) is 3.24 Å². The van der Waals surface area contributed by atoms with Gasteiger partial charge < -0.3 is 4.90 Å². The molecule has 107 valence electrons. The zero-order valence-corrected chi connectivity index (χ0v) is 14.4. The van der Waals surface area contributed by atoms with E-state index in [2.05, 4.69) is 43.0 Å². The molecule has 1 aliphatic heterocycles. The van der Waals surface area contributed by atoms with Crippen LogP contribution in [0.15, 0.2) is 24.3 Å². The molecule has 2 heteroatoms. The Labute approximate surface area is 131 Å². The first kappa shape index (κ1) is 15.1. The molecule has 1 aromatic rings. The molecule has 0 amide bonds. The van der Waals surface area contributed by atoms with E-state index in [0.717, 1.165) is 0 Å². The Hall–Kier alpha value is -0.331. The molecular weight excluding hydrogens is 410 g/mol. The summed E-state index contributed by atoms with van der Waals surface area (Å²) in [4.78, 5) is 2.60. The fourth-order valence-corrected chi connectivity index (χ4v) is 4.22. The van der Waals surface area contributed by atoms with Gasteiger partial charge in [-0.3, -0.25) is 0 Å². The van der Waals surface area contributed by atoms with E-state index in [1.165, 1.54) is 50.8 Å². The summed E-state index contributed by atoms with van der Waals surface area (Å²) in [5.74, 6) is 0.